The van der Waals surface area contributed by atoms with Gasteiger partial charge in [0.05, 0.1) is 0 Å². The molecule has 0 radical (unpaired) electrons. The number of rotatable bonds is 4. The van der Waals surface area contributed by atoms with Gasteiger partial charge in [-0.2, -0.15) is 0 Å². The van der Waals surface area contributed by atoms with E-state index in [1.165, 1.54) is 41.5 Å². The molecule has 0 amide bonds. The van der Waals surface area contributed by atoms with Crippen LogP contribution in [-0.2, 0) is 19.3 Å². The van der Waals surface area contributed by atoms with Crippen LogP contribution in [0.1, 0.15) is 34.7 Å². The van der Waals surface area contributed by atoms with Crippen molar-refractivity contribution in [2.45, 2.75) is 31.7 Å². The highest BCUT2D eigenvalue weighted by molar-refractivity contribution is 6.30. The van der Waals surface area contributed by atoms with E-state index in [1.807, 2.05) is 18.2 Å². The SMILES string of the molecule is NNC(Cc1cccc(Cl)c1)c1ccc2c(c1)CCC2. The Labute approximate surface area is 124 Å². The lowest BCUT2D eigenvalue weighted by Crippen LogP contribution is -2.29. The molecule has 104 valence electrons. The van der Waals surface area contributed by atoms with Crippen molar-refractivity contribution in [2.75, 3.05) is 0 Å². The Kier molecular flexibility index (Phi) is 4.06. The highest BCUT2D eigenvalue weighted by Gasteiger charge is 2.15. The van der Waals surface area contributed by atoms with Crippen molar-refractivity contribution in [1.82, 2.24) is 5.43 Å². The number of hydrazine groups is 1. The molecule has 0 bridgehead atoms. The van der Waals surface area contributed by atoms with Crippen molar-refractivity contribution in [3.63, 3.8) is 0 Å². The Morgan fingerprint density at radius 3 is 2.75 bits per heavy atom. The summed E-state index contributed by atoms with van der Waals surface area (Å²) in [6, 6.07) is 14.8. The topological polar surface area (TPSA) is 38.0 Å². The van der Waals surface area contributed by atoms with Crippen LogP contribution in [0.5, 0.6) is 0 Å². The lowest BCUT2D eigenvalue weighted by molar-refractivity contribution is 0.551. The minimum Gasteiger partial charge on any atom is -0.271 e. The van der Waals surface area contributed by atoms with Crippen molar-refractivity contribution in [2.24, 2.45) is 5.84 Å². The molecule has 3 heteroatoms. The Morgan fingerprint density at radius 2 is 1.95 bits per heavy atom. The molecule has 3 rings (SSSR count). The van der Waals surface area contributed by atoms with Crippen LogP contribution in [0.25, 0.3) is 0 Å². The third-order valence-corrected chi connectivity index (χ3v) is 4.29. The first-order chi connectivity index (χ1) is 9.76. The van der Waals surface area contributed by atoms with Crippen LogP contribution in [-0.4, -0.2) is 0 Å². The van der Waals surface area contributed by atoms with E-state index in [2.05, 4.69) is 29.7 Å². The summed E-state index contributed by atoms with van der Waals surface area (Å²) in [6.07, 6.45) is 4.52. The zero-order valence-electron chi connectivity index (χ0n) is 11.4. The van der Waals surface area contributed by atoms with Crippen molar-refractivity contribution < 1.29 is 0 Å². The van der Waals surface area contributed by atoms with Gasteiger partial charge in [-0.3, -0.25) is 11.3 Å². The molecule has 0 saturated carbocycles. The summed E-state index contributed by atoms with van der Waals surface area (Å²) in [5.74, 6) is 5.75. The van der Waals surface area contributed by atoms with Crippen LogP contribution < -0.4 is 11.3 Å². The maximum atomic E-state index is 6.04. The molecule has 1 atom stereocenters. The molecule has 0 spiro atoms. The van der Waals surface area contributed by atoms with Gasteiger partial charge in [-0.05, 0) is 60.1 Å². The lowest BCUT2D eigenvalue weighted by Gasteiger charge is -2.18. The lowest BCUT2D eigenvalue weighted by atomic mass is 9.96. The molecule has 3 N–H and O–H groups in total. The normalized spacial score (nSPS) is 15.1. The van der Waals surface area contributed by atoms with Gasteiger partial charge in [-0.25, -0.2) is 0 Å². The van der Waals surface area contributed by atoms with E-state index in [0.29, 0.717) is 0 Å². The first kappa shape index (κ1) is 13.6. The van der Waals surface area contributed by atoms with Crippen molar-refractivity contribution in [3.8, 4) is 0 Å². The fourth-order valence-corrected chi connectivity index (χ4v) is 3.19. The number of hydrogen-bond acceptors (Lipinski definition) is 2. The fraction of sp³-hybridized carbons (Fsp3) is 0.294. The summed E-state index contributed by atoms with van der Waals surface area (Å²) in [5, 5.41) is 0.771. The van der Waals surface area contributed by atoms with Gasteiger partial charge in [0.25, 0.3) is 0 Å². The number of aryl methyl sites for hydroxylation is 2. The second-order valence-corrected chi connectivity index (χ2v) is 5.87. The standard InChI is InChI=1S/C17H19ClN2/c18-16-6-1-3-12(9-16)10-17(20-19)15-8-7-13-4-2-5-14(13)11-15/h1,3,6-9,11,17,20H,2,4-5,10,19H2. The van der Waals surface area contributed by atoms with Crippen LogP contribution in [0.3, 0.4) is 0 Å². The number of nitrogens with one attached hydrogen (secondary N) is 1. The maximum absolute atomic E-state index is 6.04. The summed E-state index contributed by atoms with van der Waals surface area (Å²) in [5.41, 5.74) is 8.36. The Hall–Kier alpha value is -1.35. The molecule has 1 aliphatic carbocycles. The quantitative estimate of drug-likeness (QED) is 0.666. The molecule has 0 heterocycles. The second kappa shape index (κ2) is 5.96. The predicted octanol–water partition coefficient (Wildman–Crippen LogP) is 3.58. The summed E-state index contributed by atoms with van der Waals surface area (Å²) in [4.78, 5) is 0. The molecule has 0 fully saturated rings. The summed E-state index contributed by atoms with van der Waals surface area (Å²) in [7, 11) is 0. The molecule has 0 aliphatic heterocycles. The van der Waals surface area contributed by atoms with Gasteiger partial charge in [0, 0.05) is 11.1 Å². The molecule has 1 unspecified atom stereocenters. The number of nitrogens with two attached hydrogens (primary N) is 1. The molecule has 0 saturated heterocycles. The van der Waals surface area contributed by atoms with Crippen LogP contribution in [0.2, 0.25) is 5.02 Å². The molecule has 20 heavy (non-hydrogen) atoms. The number of halogens is 1. The molecule has 2 aromatic carbocycles. The largest absolute Gasteiger partial charge is 0.271 e. The summed E-state index contributed by atoms with van der Waals surface area (Å²) >= 11 is 6.04. The molecule has 0 aromatic heterocycles. The van der Waals surface area contributed by atoms with E-state index in [1.54, 1.807) is 0 Å². The van der Waals surface area contributed by atoms with Crippen molar-refractivity contribution in [3.05, 3.63) is 69.7 Å². The van der Waals surface area contributed by atoms with Gasteiger partial charge in [-0.1, -0.05) is 41.9 Å². The number of fused-ring (bicyclic) bond motifs is 1. The molecular weight excluding hydrogens is 268 g/mol. The van der Waals surface area contributed by atoms with Gasteiger partial charge in [0.1, 0.15) is 0 Å². The van der Waals surface area contributed by atoms with Crippen molar-refractivity contribution >= 4 is 11.6 Å². The van der Waals surface area contributed by atoms with Crippen LogP contribution in [0.4, 0.5) is 0 Å². The van der Waals surface area contributed by atoms with Crippen LogP contribution in [0, 0.1) is 0 Å². The van der Waals surface area contributed by atoms with Crippen molar-refractivity contribution in [1.29, 1.82) is 0 Å². The van der Waals surface area contributed by atoms with Gasteiger partial charge < -0.3 is 0 Å². The third kappa shape index (κ3) is 2.88. The van der Waals surface area contributed by atoms with E-state index in [0.717, 1.165) is 11.4 Å². The van der Waals surface area contributed by atoms with E-state index in [9.17, 15) is 0 Å². The monoisotopic (exact) mass is 286 g/mol. The zero-order chi connectivity index (χ0) is 13.9. The Morgan fingerprint density at radius 1 is 1.10 bits per heavy atom. The van der Waals surface area contributed by atoms with Gasteiger partial charge in [-0.15, -0.1) is 0 Å². The van der Waals surface area contributed by atoms with Gasteiger partial charge >= 0.3 is 0 Å². The van der Waals surface area contributed by atoms with E-state index < -0.39 is 0 Å². The van der Waals surface area contributed by atoms with E-state index in [-0.39, 0.29) is 6.04 Å². The predicted molar refractivity (Wildman–Crippen MR) is 83.7 cm³/mol. The second-order valence-electron chi connectivity index (χ2n) is 5.43. The minimum atomic E-state index is 0.124. The highest BCUT2D eigenvalue weighted by Crippen LogP contribution is 2.27. The Balaban J connectivity index is 1.83. The smallest absolute Gasteiger partial charge is 0.0500 e. The fourth-order valence-electron chi connectivity index (χ4n) is 2.98. The van der Waals surface area contributed by atoms with Gasteiger partial charge in [0.15, 0.2) is 0 Å². The minimum absolute atomic E-state index is 0.124. The van der Waals surface area contributed by atoms with Crippen LogP contribution >= 0.6 is 11.6 Å². The molecule has 2 aromatic rings. The summed E-state index contributed by atoms with van der Waals surface area (Å²) < 4.78 is 0. The third-order valence-electron chi connectivity index (χ3n) is 4.05. The average molecular weight is 287 g/mol. The maximum Gasteiger partial charge on any atom is 0.0500 e. The number of hydrogen-bond donors (Lipinski definition) is 2. The summed E-state index contributed by atoms with van der Waals surface area (Å²) in [6.45, 7) is 0. The highest BCUT2D eigenvalue weighted by atomic mass is 35.5. The first-order valence-corrected chi connectivity index (χ1v) is 7.46. The first-order valence-electron chi connectivity index (χ1n) is 7.08. The molecule has 1 aliphatic rings. The Bertz CT molecular complexity index is 610. The molecular formula is C17H19ClN2. The van der Waals surface area contributed by atoms with Crippen LogP contribution in [0.15, 0.2) is 42.5 Å². The van der Waals surface area contributed by atoms with Gasteiger partial charge in [0.2, 0.25) is 0 Å². The molecule has 2 nitrogen and oxygen atoms in total. The van der Waals surface area contributed by atoms with E-state index >= 15 is 0 Å². The zero-order valence-corrected chi connectivity index (χ0v) is 12.2. The average Bonchev–Trinajstić information content (AvgIpc) is 2.92. The van der Waals surface area contributed by atoms with E-state index in [4.69, 9.17) is 17.4 Å². The number of benzene rings is 2.